The molecule has 0 fully saturated rings. The molecule has 5 aromatic rings. The van der Waals surface area contributed by atoms with Crippen LogP contribution in [0.5, 0.6) is 0 Å². The number of hydrogen-bond acceptors (Lipinski definition) is 5. The van der Waals surface area contributed by atoms with Gasteiger partial charge in [0.05, 0.1) is 0 Å². The van der Waals surface area contributed by atoms with Crippen LogP contribution in [0, 0.1) is 0 Å². The summed E-state index contributed by atoms with van der Waals surface area (Å²) in [6.07, 6.45) is 3.28. The predicted molar refractivity (Wildman–Crippen MR) is 165 cm³/mol. The molecule has 2 heterocycles. The summed E-state index contributed by atoms with van der Waals surface area (Å²) >= 11 is 0. The number of aromatic nitrogens is 2. The Hall–Kier alpha value is -5.05. The first-order chi connectivity index (χ1) is 20.7. The maximum atomic E-state index is 13.9. The summed E-state index contributed by atoms with van der Waals surface area (Å²) in [7, 11) is 0. The van der Waals surface area contributed by atoms with Crippen molar-refractivity contribution in [2.75, 3.05) is 0 Å². The summed E-state index contributed by atoms with van der Waals surface area (Å²) in [6.45, 7) is 5.32. The van der Waals surface area contributed by atoms with Crippen molar-refractivity contribution < 1.29 is 23.9 Å². The number of rotatable bonds is 10. The van der Waals surface area contributed by atoms with Gasteiger partial charge in [0, 0.05) is 47.0 Å². The predicted octanol–water partition coefficient (Wildman–Crippen LogP) is 5.56. The number of alkyl carbamates (subject to hydrolysis) is 1. The topological polar surface area (TPSA) is 125 Å². The van der Waals surface area contributed by atoms with Crippen LogP contribution in [0.3, 0.4) is 0 Å². The van der Waals surface area contributed by atoms with Gasteiger partial charge in [-0.1, -0.05) is 66.7 Å². The fraction of sp³-hybridized carbons (Fsp3) is 0.265. The first kappa shape index (κ1) is 29.4. The Morgan fingerprint density at radius 1 is 0.721 bits per heavy atom. The molecule has 2 aromatic heterocycles. The van der Waals surface area contributed by atoms with Crippen molar-refractivity contribution in [1.29, 1.82) is 0 Å². The lowest BCUT2D eigenvalue weighted by atomic mass is 10.0. The van der Waals surface area contributed by atoms with Gasteiger partial charge < -0.3 is 30.1 Å². The summed E-state index contributed by atoms with van der Waals surface area (Å²) in [5.41, 5.74) is 3.60. The Balaban J connectivity index is 1.40. The lowest BCUT2D eigenvalue weighted by Gasteiger charge is -2.25. The van der Waals surface area contributed by atoms with Crippen molar-refractivity contribution in [2.24, 2.45) is 0 Å². The number of esters is 1. The average Bonchev–Trinajstić information content (AvgIpc) is 3.59. The lowest BCUT2D eigenvalue weighted by molar-refractivity contribution is -0.149. The number of carbonyl (C=O) groups is 3. The largest absolute Gasteiger partial charge is 0.459 e. The van der Waals surface area contributed by atoms with E-state index in [0.29, 0.717) is 0 Å². The average molecular weight is 581 g/mol. The number of carbonyl (C=O) groups excluding carboxylic acids is 3. The van der Waals surface area contributed by atoms with E-state index in [-0.39, 0.29) is 19.4 Å². The summed E-state index contributed by atoms with van der Waals surface area (Å²) in [5, 5.41) is 7.48. The summed E-state index contributed by atoms with van der Waals surface area (Å²) < 4.78 is 11.1. The van der Waals surface area contributed by atoms with E-state index in [0.717, 1.165) is 38.5 Å². The molecule has 4 N–H and O–H groups in total. The zero-order valence-corrected chi connectivity index (χ0v) is 24.5. The molecule has 0 saturated carbocycles. The highest BCUT2D eigenvalue weighted by atomic mass is 16.6. The minimum Gasteiger partial charge on any atom is -0.459 e. The molecule has 5 rings (SSSR count). The maximum Gasteiger partial charge on any atom is 0.408 e. The Kier molecular flexibility index (Phi) is 8.80. The van der Waals surface area contributed by atoms with Crippen molar-refractivity contribution in [3.8, 4) is 0 Å². The van der Waals surface area contributed by atoms with Crippen LogP contribution >= 0.6 is 0 Å². The minimum atomic E-state index is -1.03. The molecule has 2 unspecified atom stereocenters. The Morgan fingerprint density at radius 2 is 1.26 bits per heavy atom. The van der Waals surface area contributed by atoms with Gasteiger partial charge >= 0.3 is 12.1 Å². The van der Waals surface area contributed by atoms with Crippen LogP contribution in [0.4, 0.5) is 4.79 Å². The van der Waals surface area contributed by atoms with E-state index in [9.17, 15) is 14.4 Å². The molecule has 0 saturated heterocycles. The monoisotopic (exact) mass is 580 g/mol. The second-order valence-corrected chi connectivity index (χ2v) is 11.5. The number of para-hydroxylation sites is 2. The van der Waals surface area contributed by atoms with Crippen molar-refractivity contribution in [3.63, 3.8) is 0 Å². The van der Waals surface area contributed by atoms with Gasteiger partial charge in [-0.15, -0.1) is 0 Å². The molecule has 0 aliphatic rings. The van der Waals surface area contributed by atoms with Crippen molar-refractivity contribution in [3.05, 3.63) is 108 Å². The van der Waals surface area contributed by atoms with Crippen LogP contribution in [-0.2, 0) is 38.5 Å². The van der Waals surface area contributed by atoms with Gasteiger partial charge in [-0.05, 0) is 49.6 Å². The van der Waals surface area contributed by atoms with Crippen LogP contribution in [0.1, 0.15) is 37.5 Å². The first-order valence-electron chi connectivity index (χ1n) is 14.3. The summed E-state index contributed by atoms with van der Waals surface area (Å²) in [6, 6.07) is 22.8. The third-order valence-electron chi connectivity index (χ3n) is 7.03. The standard InChI is InChI=1S/C34H36N4O5/c1-34(2,3)43-33(41)38-29(17-23-19-35-27-15-9-7-13-25(23)27)31(39)37-30(32(40)42-21-22-11-5-4-6-12-22)18-24-20-36-28-16-10-8-14-26(24)28/h4-16,19-20,29-30,35-36H,17-18,21H2,1-3H3,(H,37,39)(H,38,41). The zero-order valence-electron chi connectivity index (χ0n) is 24.5. The Labute approximate surface area is 250 Å². The molecular weight excluding hydrogens is 544 g/mol. The molecule has 0 aliphatic carbocycles. The number of aromatic amines is 2. The first-order valence-corrected chi connectivity index (χ1v) is 14.3. The highest BCUT2D eigenvalue weighted by Gasteiger charge is 2.30. The Morgan fingerprint density at radius 3 is 1.84 bits per heavy atom. The van der Waals surface area contributed by atoms with Gasteiger partial charge in [0.25, 0.3) is 0 Å². The molecule has 2 atom stereocenters. The SMILES string of the molecule is CC(C)(C)OC(=O)NC(Cc1c[nH]c2ccccc12)C(=O)NC(Cc1c[nH]c2ccccc12)C(=O)OCc1ccccc1. The highest BCUT2D eigenvalue weighted by Crippen LogP contribution is 2.21. The van der Waals surface area contributed by atoms with E-state index < -0.39 is 35.7 Å². The smallest absolute Gasteiger partial charge is 0.408 e. The number of fused-ring (bicyclic) bond motifs is 2. The zero-order chi connectivity index (χ0) is 30.4. The number of ether oxygens (including phenoxy) is 2. The summed E-state index contributed by atoms with van der Waals surface area (Å²) in [4.78, 5) is 46.6. The summed E-state index contributed by atoms with van der Waals surface area (Å²) in [5.74, 6) is -1.11. The van der Waals surface area contributed by atoms with Crippen molar-refractivity contribution >= 4 is 39.8 Å². The molecule has 0 bridgehead atoms. The second kappa shape index (κ2) is 12.9. The second-order valence-electron chi connectivity index (χ2n) is 11.5. The van der Waals surface area contributed by atoms with E-state index >= 15 is 0 Å². The van der Waals surface area contributed by atoms with E-state index in [1.807, 2.05) is 91.3 Å². The normalized spacial score (nSPS) is 12.9. The minimum absolute atomic E-state index is 0.0643. The molecule has 9 heteroatoms. The molecule has 0 aliphatic heterocycles. The molecule has 2 amide bonds. The highest BCUT2D eigenvalue weighted by molar-refractivity contribution is 5.92. The van der Waals surface area contributed by atoms with Crippen molar-refractivity contribution in [2.45, 2.75) is 57.9 Å². The molecular formula is C34H36N4O5. The number of amides is 2. The van der Waals surface area contributed by atoms with Crippen molar-refractivity contribution in [1.82, 2.24) is 20.6 Å². The van der Waals surface area contributed by atoms with Crippen LogP contribution in [0.2, 0.25) is 0 Å². The number of nitrogens with one attached hydrogen (secondary N) is 4. The van der Waals surface area contributed by atoms with Gasteiger partial charge in [-0.25, -0.2) is 9.59 Å². The molecule has 0 radical (unpaired) electrons. The number of benzene rings is 3. The van der Waals surface area contributed by atoms with E-state index in [1.54, 1.807) is 20.8 Å². The van der Waals surface area contributed by atoms with Gasteiger partial charge in [0.2, 0.25) is 5.91 Å². The van der Waals surface area contributed by atoms with Crippen LogP contribution < -0.4 is 10.6 Å². The van der Waals surface area contributed by atoms with E-state index in [4.69, 9.17) is 9.47 Å². The van der Waals surface area contributed by atoms with Gasteiger partial charge in [-0.3, -0.25) is 4.79 Å². The number of H-pyrrole nitrogens is 2. The fourth-order valence-electron chi connectivity index (χ4n) is 4.99. The number of hydrogen-bond donors (Lipinski definition) is 4. The third-order valence-corrected chi connectivity index (χ3v) is 7.03. The Bertz CT molecular complexity index is 1720. The molecule has 0 spiro atoms. The van der Waals surface area contributed by atoms with Gasteiger partial charge in [0.15, 0.2) is 0 Å². The maximum absolute atomic E-state index is 13.9. The lowest BCUT2D eigenvalue weighted by Crippen LogP contribution is -2.54. The molecule has 222 valence electrons. The van der Waals surface area contributed by atoms with Crippen LogP contribution in [0.25, 0.3) is 21.8 Å². The third kappa shape index (κ3) is 7.62. The van der Waals surface area contributed by atoms with Crippen LogP contribution in [0.15, 0.2) is 91.3 Å². The molecule has 43 heavy (non-hydrogen) atoms. The van der Waals surface area contributed by atoms with E-state index in [2.05, 4.69) is 20.6 Å². The van der Waals surface area contributed by atoms with Gasteiger partial charge in [0.1, 0.15) is 24.3 Å². The molecule has 3 aromatic carbocycles. The van der Waals surface area contributed by atoms with Gasteiger partial charge in [-0.2, -0.15) is 0 Å². The van der Waals surface area contributed by atoms with E-state index in [1.165, 1.54) is 0 Å². The fourth-order valence-corrected chi connectivity index (χ4v) is 4.99. The quantitative estimate of drug-likeness (QED) is 0.161. The van der Waals surface area contributed by atoms with Crippen LogP contribution in [-0.4, -0.2) is 45.6 Å². The molecule has 9 nitrogen and oxygen atoms in total.